The summed E-state index contributed by atoms with van der Waals surface area (Å²) in [5.41, 5.74) is 10.7. The quantitative estimate of drug-likeness (QED) is 0.0712. The van der Waals surface area contributed by atoms with Crippen LogP contribution < -0.4 is 11.1 Å². The van der Waals surface area contributed by atoms with Crippen LogP contribution in [0.5, 0.6) is 0 Å². The highest BCUT2D eigenvalue weighted by Gasteiger charge is 2.22. The fourth-order valence-electron chi connectivity index (χ4n) is 5.39. The summed E-state index contributed by atoms with van der Waals surface area (Å²) in [6.07, 6.45) is 3.64. The lowest BCUT2D eigenvalue weighted by atomic mass is 9.84. The summed E-state index contributed by atoms with van der Waals surface area (Å²) in [7, 11) is 0. The Balaban J connectivity index is 1.21. The average Bonchev–Trinajstić information content (AvgIpc) is 3.01. The van der Waals surface area contributed by atoms with E-state index in [0.717, 1.165) is 69.8 Å². The molecule has 0 unspecified atom stereocenters. The Morgan fingerprint density at radius 3 is 2.02 bits per heavy atom. The number of nitrogens with one attached hydrogen (secondary N) is 2. The number of piperidine rings is 1. The van der Waals surface area contributed by atoms with E-state index in [9.17, 15) is 0 Å². The minimum Gasteiger partial charge on any atom is -0.384 e. The van der Waals surface area contributed by atoms with Crippen molar-refractivity contribution in [2.75, 3.05) is 18.4 Å². The van der Waals surface area contributed by atoms with Gasteiger partial charge < -0.3 is 11.1 Å². The smallest absolute Gasteiger partial charge is 0.137 e. The molecule has 1 aliphatic heterocycles. The Morgan fingerprint density at radius 2 is 1.43 bits per heavy atom. The molecule has 1 aliphatic rings. The first-order valence-electron chi connectivity index (χ1n) is 13.8. The minimum absolute atomic E-state index is 0.00163. The molecule has 6 rings (SSSR count). The molecule has 6 nitrogen and oxygen atoms in total. The van der Waals surface area contributed by atoms with Gasteiger partial charge >= 0.3 is 0 Å². The van der Waals surface area contributed by atoms with Crippen LogP contribution in [0.2, 0.25) is 10.0 Å². The van der Waals surface area contributed by atoms with Gasteiger partial charge in [0, 0.05) is 50.9 Å². The first-order chi connectivity index (χ1) is 20.4. The van der Waals surface area contributed by atoms with Crippen molar-refractivity contribution in [1.29, 1.82) is 5.41 Å². The second-order valence-electron chi connectivity index (χ2n) is 10.4. The molecule has 4 aromatic carbocycles. The molecule has 0 atom stereocenters. The van der Waals surface area contributed by atoms with Crippen molar-refractivity contribution in [1.82, 2.24) is 14.3 Å². The Kier molecular flexibility index (Phi) is 8.63. The highest BCUT2D eigenvalue weighted by Crippen LogP contribution is 2.36. The lowest BCUT2D eigenvalue weighted by Crippen LogP contribution is -2.35. The van der Waals surface area contributed by atoms with Crippen molar-refractivity contribution in [3.8, 4) is 0 Å². The number of rotatable bonds is 8. The molecule has 1 saturated heterocycles. The Bertz CT molecular complexity index is 1640. The van der Waals surface area contributed by atoms with Crippen molar-refractivity contribution in [2.24, 2.45) is 5.73 Å². The predicted octanol–water partition coefficient (Wildman–Crippen LogP) is 7.98. The van der Waals surface area contributed by atoms with Crippen LogP contribution in [-0.4, -0.2) is 39.2 Å². The topological polar surface area (TPSA) is 90.9 Å². The predicted molar refractivity (Wildman–Crippen MR) is 175 cm³/mol. The van der Waals surface area contributed by atoms with Crippen molar-refractivity contribution in [3.63, 3.8) is 0 Å². The first-order valence-corrected chi connectivity index (χ1v) is 15.4. The van der Waals surface area contributed by atoms with Gasteiger partial charge in [-0.15, -0.1) is 0 Å². The van der Waals surface area contributed by atoms with Crippen molar-refractivity contribution in [2.45, 2.75) is 29.7 Å². The largest absolute Gasteiger partial charge is 0.384 e. The van der Waals surface area contributed by atoms with Crippen molar-refractivity contribution >= 4 is 57.7 Å². The van der Waals surface area contributed by atoms with Crippen LogP contribution in [0.15, 0.2) is 102 Å². The summed E-state index contributed by atoms with van der Waals surface area (Å²) in [5, 5.41) is 13.7. The maximum absolute atomic E-state index is 7.58. The standard InChI is InChI=1S/C33H30Cl2N6S/c34-25-8-1-21(2-9-25)31(22-3-10-26(35)11-4-22)24-7-14-30-29(19-24)33(39-20-38-30)40-27-15-17-41(18-16-27)42-28-12-5-23(6-13-28)32(36)37/h1-14,19-20,27,31H,15-18H2,(H3,36,37)(H,38,39,40). The van der Waals surface area contributed by atoms with E-state index in [-0.39, 0.29) is 11.8 Å². The molecule has 212 valence electrons. The first kappa shape index (κ1) is 28.5. The van der Waals surface area contributed by atoms with E-state index in [2.05, 4.69) is 62.1 Å². The highest BCUT2D eigenvalue weighted by atomic mass is 35.5. The van der Waals surface area contributed by atoms with E-state index < -0.39 is 0 Å². The van der Waals surface area contributed by atoms with Crippen LogP contribution in [0.3, 0.4) is 0 Å². The summed E-state index contributed by atoms with van der Waals surface area (Å²) in [4.78, 5) is 10.4. The third-order valence-corrected chi connectivity index (χ3v) is 9.20. The van der Waals surface area contributed by atoms with Crippen molar-refractivity contribution < 1.29 is 0 Å². The summed E-state index contributed by atoms with van der Waals surface area (Å²) in [5.74, 6) is 0.953. The molecule has 2 heterocycles. The van der Waals surface area contributed by atoms with E-state index in [1.165, 1.54) is 0 Å². The lowest BCUT2D eigenvalue weighted by Gasteiger charge is -2.31. The molecule has 9 heteroatoms. The van der Waals surface area contributed by atoms with Crippen molar-refractivity contribution in [3.05, 3.63) is 130 Å². The molecule has 0 saturated carbocycles. The van der Waals surface area contributed by atoms with Crippen LogP contribution in [0.1, 0.15) is 41.0 Å². The van der Waals surface area contributed by atoms with E-state index in [0.29, 0.717) is 16.1 Å². The summed E-state index contributed by atoms with van der Waals surface area (Å²) >= 11 is 14.2. The van der Waals surface area contributed by atoms with Crippen LogP contribution in [0.25, 0.3) is 10.9 Å². The molecule has 0 spiro atoms. The second kappa shape index (κ2) is 12.7. The van der Waals surface area contributed by atoms with Gasteiger partial charge in [0.15, 0.2) is 0 Å². The molecule has 0 aliphatic carbocycles. The van der Waals surface area contributed by atoms with E-state index in [4.69, 9.17) is 34.3 Å². The molecular formula is C33H30Cl2N6S. The minimum atomic E-state index is 0.00163. The third kappa shape index (κ3) is 6.55. The zero-order valence-corrected chi connectivity index (χ0v) is 25.1. The number of nitrogens with zero attached hydrogens (tertiary/aromatic N) is 3. The number of hydrogen-bond acceptors (Lipinski definition) is 6. The van der Waals surface area contributed by atoms with E-state index in [1.807, 2.05) is 48.5 Å². The molecule has 4 N–H and O–H groups in total. The Morgan fingerprint density at radius 1 is 0.833 bits per heavy atom. The highest BCUT2D eigenvalue weighted by molar-refractivity contribution is 7.97. The number of benzene rings is 4. The number of fused-ring (bicyclic) bond motifs is 1. The fourth-order valence-corrected chi connectivity index (χ4v) is 6.59. The van der Waals surface area contributed by atoms with Crippen LogP contribution in [0.4, 0.5) is 5.82 Å². The number of anilines is 1. The summed E-state index contributed by atoms with van der Waals surface area (Å²) < 4.78 is 2.39. The Labute approximate surface area is 259 Å². The number of halogens is 2. The molecule has 42 heavy (non-hydrogen) atoms. The number of amidine groups is 1. The van der Waals surface area contributed by atoms with Gasteiger partial charge in [0.2, 0.25) is 0 Å². The van der Waals surface area contributed by atoms with Gasteiger partial charge in [0.05, 0.1) is 5.52 Å². The van der Waals surface area contributed by atoms with Gasteiger partial charge in [0.25, 0.3) is 0 Å². The molecule has 1 aromatic heterocycles. The van der Waals surface area contributed by atoms with Gasteiger partial charge in [0.1, 0.15) is 18.0 Å². The van der Waals surface area contributed by atoms with E-state index in [1.54, 1.807) is 18.3 Å². The van der Waals surface area contributed by atoms with Gasteiger partial charge in [-0.3, -0.25) is 5.41 Å². The van der Waals surface area contributed by atoms with Gasteiger partial charge in [-0.1, -0.05) is 65.7 Å². The number of nitrogen functional groups attached to an aromatic ring is 1. The van der Waals surface area contributed by atoms with E-state index >= 15 is 0 Å². The lowest BCUT2D eigenvalue weighted by molar-refractivity contribution is 0.358. The van der Waals surface area contributed by atoms with Crippen LogP contribution >= 0.6 is 35.1 Å². The summed E-state index contributed by atoms with van der Waals surface area (Å²) in [6.45, 7) is 1.92. The zero-order valence-electron chi connectivity index (χ0n) is 22.8. The normalized spacial score (nSPS) is 14.4. The molecular weight excluding hydrogens is 583 g/mol. The monoisotopic (exact) mass is 612 g/mol. The number of aromatic nitrogens is 2. The fraction of sp³-hybridized carbons (Fsp3) is 0.182. The summed E-state index contributed by atoms with van der Waals surface area (Å²) in [6, 6.07) is 30.6. The van der Waals surface area contributed by atoms with Crippen LogP contribution in [0, 0.1) is 5.41 Å². The SMILES string of the molecule is N=C(N)c1ccc(SN2CCC(Nc3ncnc4ccc(C(c5ccc(Cl)cc5)c5ccc(Cl)cc5)cc34)CC2)cc1. The average molecular weight is 614 g/mol. The third-order valence-electron chi connectivity index (χ3n) is 7.59. The maximum atomic E-state index is 7.58. The van der Waals surface area contributed by atoms with Gasteiger partial charge in [-0.2, -0.15) is 0 Å². The maximum Gasteiger partial charge on any atom is 0.137 e. The molecule has 0 bridgehead atoms. The number of hydrogen-bond donors (Lipinski definition) is 3. The zero-order chi connectivity index (χ0) is 29.1. The molecule has 0 amide bonds. The number of nitrogens with two attached hydrogens (primary N) is 1. The molecule has 5 aromatic rings. The molecule has 1 fully saturated rings. The van der Waals surface area contributed by atoms with Crippen LogP contribution in [-0.2, 0) is 0 Å². The molecule has 0 radical (unpaired) electrons. The Hall–Kier alpha value is -3.62. The van der Waals surface area contributed by atoms with Gasteiger partial charge in [-0.25, -0.2) is 14.3 Å². The second-order valence-corrected chi connectivity index (χ2v) is 12.5. The van der Waals surface area contributed by atoms with Gasteiger partial charge in [-0.05, 0) is 90.0 Å².